The van der Waals surface area contributed by atoms with Crippen molar-refractivity contribution in [2.24, 2.45) is 12.8 Å². The van der Waals surface area contributed by atoms with Crippen molar-refractivity contribution in [1.82, 2.24) is 14.8 Å². The molecule has 0 saturated carbocycles. The molecule has 1 unspecified atom stereocenters. The lowest BCUT2D eigenvalue weighted by Gasteiger charge is -2.08. The molecule has 0 aromatic carbocycles. The summed E-state index contributed by atoms with van der Waals surface area (Å²) < 4.78 is 1.82. The molecule has 1 rings (SSSR count). The standard InChI is InChI=1S/C10H20N4S/c1-4-5-9-12-10(14(2)13-9)8(11)6-7-15-3/h8H,4-7,11H2,1-3H3. The first kappa shape index (κ1) is 12.5. The zero-order valence-corrected chi connectivity index (χ0v) is 10.5. The fourth-order valence-corrected chi connectivity index (χ4v) is 1.97. The van der Waals surface area contributed by atoms with Gasteiger partial charge in [0.25, 0.3) is 0 Å². The molecular formula is C10H20N4S. The fraction of sp³-hybridized carbons (Fsp3) is 0.800. The molecule has 1 heterocycles. The van der Waals surface area contributed by atoms with Crippen molar-refractivity contribution in [2.45, 2.75) is 32.2 Å². The molecule has 1 aromatic heterocycles. The lowest BCUT2D eigenvalue weighted by molar-refractivity contribution is 0.593. The summed E-state index contributed by atoms with van der Waals surface area (Å²) in [5.74, 6) is 2.89. The predicted octanol–water partition coefficient (Wildman–Crippen LogP) is 1.52. The van der Waals surface area contributed by atoms with E-state index in [1.807, 2.05) is 23.5 Å². The topological polar surface area (TPSA) is 56.7 Å². The van der Waals surface area contributed by atoms with Crippen LogP contribution in [-0.4, -0.2) is 26.8 Å². The van der Waals surface area contributed by atoms with E-state index in [-0.39, 0.29) is 6.04 Å². The SMILES string of the molecule is CCCc1nc(C(N)CCSC)n(C)n1. The Labute approximate surface area is 95.6 Å². The highest BCUT2D eigenvalue weighted by Gasteiger charge is 2.13. The van der Waals surface area contributed by atoms with Gasteiger partial charge in [0.1, 0.15) is 5.82 Å². The summed E-state index contributed by atoms with van der Waals surface area (Å²) in [6.07, 6.45) is 5.05. The third-order valence-corrected chi connectivity index (χ3v) is 2.92. The van der Waals surface area contributed by atoms with Gasteiger partial charge in [-0.25, -0.2) is 4.98 Å². The van der Waals surface area contributed by atoms with Gasteiger partial charge in [0.05, 0.1) is 6.04 Å². The van der Waals surface area contributed by atoms with Gasteiger partial charge < -0.3 is 5.73 Å². The Morgan fingerprint density at radius 2 is 2.27 bits per heavy atom. The maximum atomic E-state index is 6.05. The summed E-state index contributed by atoms with van der Waals surface area (Å²) in [5.41, 5.74) is 6.05. The molecule has 0 spiro atoms. The lowest BCUT2D eigenvalue weighted by atomic mass is 10.2. The quantitative estimate of drug-likeness (QED) is 0.802. The summed E-state index contributed by atoms with van der Waals surface area (Å²) in [4.78, 5) is 4.47. The second-order valence-electron chi connectivity index (χ2n) is 3.65. The van der Waals surface area contributed by atoms with Gasteiger partial charge in [0.2, 0.25) is 0 Å². The van der Waals surface area contributed by atoms with Crippen LogP contribution in [0.25, 0.3) is 0 Å². The minimum Gasteiger partial charge on any atom is -0.321 e. The van der Waals surface area contributed by atoms with E-state index in [1.165, 1.54) is 0 Å². The maximum absolute atomic E-state index is 6.05. The number of rotatable bonds is 6. The summed E-state index contributed by atoms with van der Waals surface area (Å²) in [6.45, 7) is 2.13. The van der Waals surface area contributed by atoms with Crippen LogP contribution in [0.15, 0.2) is 0 Å². The Bertz CT molecular complexity index is 298. The average Bonchev–Trinajstić information content (AvgIpc) is 2.57. The van der Waals surface area contributed by atoms with E-state index >= 15 is 0 Å². The molecule has 0 fully saturated rings. The van der Waals surface area contributed by atoms with Gasteiger partial charge in [-0.15, -0.1) is 0 Å². The highest BCUT2D eigenvalue weighted by atomic mass is 32.2. The molecule has 2 N–H and O–H groups in total. The van der Waals surface area contributed by atoms with E-state index in [4.69, 9.17) is 5.73 Å². The monoisotopic (exact) mass is 228 g/mol. The van der Waals surface area contributed by atoms with Gasteiger partial charge in [0.15, 0.2) is 5.82 Å². The molecule has 86 valence electrons. The van der Waals surface area contributed by atoms with Crippen LogP contribution in [0.4, 0.5) is 0 Å². The lowest BCUT2D eigenvalue weighted by Crippen LogP contribution is -2.16. The minimum absolute atomic E-state index is 0.0144. The van der Waals surface area contributed by atoms with Crippen molar-refractivity contribution in [3.63, 3.8) is 0 Å². The van der Waals surface area contributed by atoms with Crippen LogP contribution in [0, 0.1) is 0 Å². The number of nitrogens with zero attached hydrogens (tertiary/aromatic N) is 3. The van der Waals surface area contributed by atoms with E-state index in [0.29, 0.717) is 0 Å². The Hall–Kier alpha value is -0.550. The molecule has 15 heavy (non-hydrogen) atoms. The van der Waals surface area contributed by atoms with E-state index in [2.05, 4.69) is 23.3 Å². The largest absolute Gasteiger partial charge is 0.321 e. The minimum atomic E-state index is 0.0144. The molecule has 1 aromatic rings. The van der Waals surface area contributed by atoms with Crippen molar-refractivity contribution in [2.75, 3.05) is 12.0 Å². The van der Waals surface area contributed by atoms with E-state index in [9.17, 15) is 0 Å². The molecule has 0 radical (unpaired) electrons. The smallest absolute Gasteiger partial charge is 0.151 e. The van der Waals surface area contributed by atoms with E-state index in [0.717, 1.165) is 36.7 Å². The summed E-state index contributed by atoms with van der Waals surface area (Å²) in [6, 6.07) is 0.0144. The predicted molar refractivity (Wildman–Crippen MR) is 64.9 cm³/mol. The third-order valence-electron chi connectivity index (χ3n) is 2.28. The van der Waals surface area contributed by atoms with Crippen LogP contribution in [0.1, 0.15) is 37.5 Å². The Morgan fingerprint density at radius 3 is 2.87 bits per heavy atom. The van der Waals surface area contributed by atoms with E-state index < -0.39 is 0 Å². The highest BCUT2D eigenvalue weighted by molar-refractivity contribution is 7.98. The zero-order valence-electron chi connectivity index (χ0n) is 9.73. The van der Waals surface area contributed by atoms with E-state index in [1.54, 1.807) is 0 Å². The molecule has 4 nitrogen and oxygen atoms in total. The van der Waals surface area contributed by atoms with Gasteiger partial charge in [0, 0.05) is 13.5 Å². The number of thioether (sulfide) groups is 1. The summed E-state index contributed by atoms with van der Waals surface area (Å²) >= 11 is 1.81. The second kappa shape index (κ2) is 6.12. The van der Waals surface area contributed by atoms with Crippen LogP contribution < -0.4 is 5.73 Å². The first-order chi connectivity index (χ1) is 7.19. The van der Waals surface area contributed by atoms with Gasteiger partial charge in [-0.05, 0) is 24.9 Å². The molecule has 0 aliphatic carbocycles. The van der Waals surface area contributed by atoms with Crippen LogP contribution in [0.5, 0.6) is 0 Å². The molecule has 1 atom stereocenters. The van der Waals surface area contributed by atoms with Gasteiger partial charge in [-0.1, -0.05) is 6.92 Å². The summed E-state index contributed by atoms with van der Waals surface area (Å²) in [7, 11) is 1.92. The molecule has 0 aliphatic rings. The van der Waals surface area contributed by atoms with Crippen molar-refractivity contribution >= 4 is 11.8 Å². The molecule has 0 bridgehead atoms. The maximum Gasteiger partial charge on any atom is 0.151 e. The zero-order chi connectivity index (χ0) is 11.3. The Balaban J connectivity index is 2.66. The Morgan fingerprint density at radius 1 is 1.53 bits per heavy atom. The van der Waals surface area contributed by atoms with Crippen LogP contribution >= 0.6 is 11.8 Å². The first-order valence-corrected chi connectivity index (χ1v) is 6.72. The fourth-order valence-electron chi connectivity index (χ4n) is 1.48. The van der Waals surface area contributed by atoms with Gasteiger partial charge in [-0.2, -0.15) is 16.9 Å². The van der Waals surface area contributed by atoms with Crippen molar-refractivity contribution in [1.29, 1.82) is 0 Å². The van der Waals surface area contributed by atoms with Crippen LogP contribution in [0.2, 0.25) is 0 Å². The molecule has 0 saturated heterocycles. The number of hydrogen-bond donors (Lipinski definition) is 1. The third kappa shape index (κ3) is 3.50. The number of hydrogen-bond acceptors (Lipinski definition) is 4. The summed E-state index contributed by atoms with van der Waals surface area (Å²) in [5, 5.41) is 4.35. The molecular weight excluding hydrogens is 208 g/mol. The Kier molecular flexibility index (Phi) is 5.11. The van der Waals surface area contributed by atoms with Crippen LogP contribution in [-0.2, 0) is 13.5 Å². The van der Waals surface area contributed by atoms with Crippen molar-refractivity contribution in [3.8, 4) is 0 Å². The second-order valence-corrected chi connectivity index (χ2v) is 4.63. The van der Waals surface area contributed by atoms with Gasteiger partial charge >= 0.3 is 0 Å². The number of aryl methyl sites for hydroxylation is 2. The average molecular weight is 228 g/mol. The highest BCUT2D eigenvalue weighted by Crippen LogP contribution is 2.14. The number of aromatic nitrogens is 3. The van der Waals surface area contributed by atoms with Crippen molar-refractivity contribution in [3.05, 3.63) is 11.6 Å². The number of nitrogens with two attached hydrogens (primary N) is 1. The van der Waals surface area contributed by atoms with Crippen LogP contribution in [0.3, 0.4) is 0 Å². The molecule has 5 heteroatoms. The first-order valence-electron chi connectivity index (χ1n) is 5.33. The van der Waals surface area contributed by atoms with Crippen molar-refractivity contribution < 1.29 is 0 Å². The molecule has 0 aliphatic heterocycles. The van der Waals surface area contributed by atoms with Gasteiger partial charge in [-0.3, -0.25) is 4.68 Å². The normalized spacial score (nSPS) is 13.1. The molecule has 0 amide bonds.